The van der Waals surface area contributed by atoms with Gasteiger partial charge in [-0.2, -0.15) is 0 Å². The van der Waals surface area contributed by atoms with Gasteiger partial charge in [-0.3, -0.25) is 9.59 Å². The summed E-state index contributed by atoms with van der Waals surface area (Å²) in [5, 5.41) is 0.628. The molecule has 19 heavy (non-hydrogen) atoms. The van der Waals surface area contributed by atoms with Gasteiger partial charge in [-0.1, -0.05) is 29.8 Å². The van der Waals surface area contributed by atoms with E-state index in [0.717, 1.165) is 5.56 Å². The minimum absolute atomic E-state index is 0.170. The van der Waals surface area contributed by atoms with Crippen LogP contribution in [0.5, 0.6) is 0 Å². The average Bonchev–Trinajstić information content (AvgIpc) is 2.41. The molecule has 1 aromatic carbocycles. The minimum Gasteiger partial charge on any atom is -0.337 e. The summed E-state index contributed by atoms with van der Waals surface area (Å²) >= 11 is 6.05. The number of amides is 1. The Bertz CT molecular complexity index is 631. The SMILES string of the molecule is CN(Cc1ccccc1Cl)C(=O)c1ccc(=O)[nH]c1. The smallest absolute Gasteiger partial charge is 0.255 e. The summed E-state index contributed by atoms with van der Waals surface area (Å²) in [6.07, 6.45) is 1.41. The molecule has 2 aromatic rings. The standard InChI is InChI=1S/C14H13ClN2O2/c1-17(9-11-4-2-3-5-12(11)15)14(19)10-6-7-13(18)16-8-10/h2-8H,9H2,1H3,(H,16,18). The minimum atomic E-state index is -0.231. The van der Waals surface area contributed by atoms with Crippen LogP contribution in [0.3, 0.4) is 0 Å². The van der Waals surface area contributed by atoms with Gasteiger partial charge in [-0.15, -0.1) is 0 Å². The maximum atomic E-state index is 12.1. The van der Waals surface area contributed by atoms with Gasteiger partial charge >= 0.3 is 0 Å². The number of rotatable bonds is 3. The number of hydrogen-bond donors (Lipinski definition) is 1. The Hall–Kier alpha value is -2.07. The lowest BCUT2D eigenvalue weighted by molar-refractivity contribution is 0.0784. The van der Waals surface area contributed by atoms with Crippen LogP contribution in [0.4, 0.5) is 0 Å². The predicted octanol–water partition coefficient (Wildman–Crippen LogP) is 2.30. The maximum absolute atomic E-state index is 12.1. The summed E-state index contributed by atoms with van der Waals surface area (Å²) in [6, 6.07) is 10.2. The molecule has 0 aliphatic heterocycles. The zero-order chi connectivity index (χ0) is 13.8. The molecule has 4 nitrogen and oxygen atoms in total. The van der Waals surface area contributed by atoms with Crippen LogP contribution in [-0.2, 0) is 6.54 Å². The van der Waals surface area contributed by atoms with Crippen molar-refractivity contribution in [3.8, 4) is 0 Å². The molecule has 1 aromatic heterocycles. The number of aromatic amines is 1. The average molecular weight is 277 g/mol. The van der Waals surface area contributed by atoms with Gasteiger partial charge in [0.2, 0.25) is 5.56 Å². The zero-order valence-corrected chi connectivity index (χ0v) is 11.1. The van der Waals surface area contributed by atoms with Gasteiger partial charge in [0.05, 0.1) is 5.56 Å². The van der Waals surface area contributed by atoms with E-state index in [1.54, 1.807) is 18.0 Å². The van der Waals surface area contributed by atoms with Crippen molar-refractivity contribution in [2.45, 2.75) is 6.54 Å². The number of pyridine rings is 1. The quantitative estimate of drug-likeness (QED) is 0.935. The molecule has 5 heteroatoms. The molecule has 0 saturated heterocycles. The Kier molecular flexibility index (Phi) is 4.02. The number of nitrogens with one attached hydrogen (secondary N) is 1. The molecule has 2 rings (SSSR count). The number of halogens is 1. The van der Waals surface area contributed by atoms with Crippen molar-refractivity contribution in [2.75, 3.05) is 7.05 Å². The number of H-pyrrole nitrogens is 1. The van der Waals surface area contributed by atoms with E-state index in [0.29, 0.717) is 17.1 Å². The number of benzene rings is 1. The summed E-state index contributed by atoms with van der Waals surface area (Å²) < 4.78 is 0. The monoisotopic (exact) mass is 276 g/mol. The fourth-order valence-electron chi connectivity index (χ4n) is 1.72. The number of nitrogens with zero attached hydrogens (tertiary/aromatic N) is 1. The molecule has 0 spiro atoms. The van der Waals surface area contributed by atoms with E-state index in [1.165, 1.54) is 18.3 Å². The largest absolute Gasteiger partial charge is 0.337 e. The Labute approximate surface area is 115 Å². The second kappa shape index (κ2) is 5.71. The number of carbonyl (C=O) groups is 1. The zero-order valence-electron chi connectivity index (χ0n) is 10.4. The third-order valence-electron chi connectivity index (χ3n) is 2.74. The third kappa shape index (κ3) is 3.23. The van der Waals surface area contributed by atoms with Gasteiger partial charge in [-0.05, 0) is 17.7 Å². The number of carbonyl (C=O) groups excluding carboxylic acids is 1. The molecule has 0 bridgehead atoms. The number of hydrogen-bond acceptors (Lipinski definition) is 2. The molecule has 1 heterocycles. The van der Waals surface area contributed by atoms with Crippen LogP contribution in [0.1, 0.15) is 15.9 Å². The number of aromatic nitrogens is 1. The molecule has 1 amide bonds. The van der Waals surface area contributed by atoms with Crippen molar-refractivity contribution in [2.24, 2.45) is 0 Å². The highest BCUT2D eigenvalue weighted by molar-refractivity contribution is 6.31. The molecular formula is C14H13ClN2O2. The Morgan fingerprint density at radius 1 is 1.26 bits per heavy atom. The molecule has 0 radical (unpaired) electrons. The van der Waals surface area contributed by atoms with Gasteiger partial charge < -0.3 is 9.88 Å². The van der Waals surface area contributed by atoms with Crippen LogP contribution in [-0.4, -0.2) is 22.8 Å². The van der Waals surface area contributed by atoms with E-state index in [2.05, 4.69) is 4.98 Å². The maximum Gasteiger partial charge on any atom is 0.255 e. The van der Waals surface area contributed by atoms with Crippen LogP contribution >= 0.6 is 11.6 Å². The van der Waals surface area contributed by atoms with Crippen molar-refractivity contribution in [1.82, 2.24) is 9.88 Å². The topological polar surface area (TPSA) is 53.2 Å². The van der Waals surface area contributed by atoms with Crippen LogP contribution in [0.2, 0.25) is 5.02 Å². The van der Waals surface area contributed by atoms with Crippen LogP contribution < -0.4 is 5.56 Å². The van der Waals surface area contributed by atoms with E-state index in [9.17, 15) is 9.59 Å². The van der Waals surface area contributed by atoms with E-state index in [-0.39, 0.29) is 11.5 Å². The van der Waals surface area contributed by atoms with Crippen LogP contribution in [0, 0.1) is 0 Å². The molecule has 0 aliphatic carbocycles. The Morgan fingerprint density at radius 2 is 2.00 bits per heavy atom. The van der Waals surface area contributed by atoms with Crippen molar-refractivity contribution < 1.29 is 4.79 Å². The first-order chi connectivity index (χ1) is 9.08. The van der Waals surface area contributed by atoms with Gasteiger partial charge in [-0.25, -0.2) is 0 Å². The van der Waals surface area contributed by atoms with Gasteiger partial charge in [0, 0.05) is 30.9 Å². The van der Waals surface area contributed by atoms with E-state index < -0.39 is 0 Å². The normalized spacial score (nSPS) is 10.2. The van der Waals surface area contributed by atoms with Gasteiger partial charge in [0.25, 0.3) is 5.91 Å². The van der Waals surface area contributed by atoms with Gasteiger partial charge in [0.1, 0.15) is 0 Å². The molecule has 0 aliphatic rings. The van der Waals surface area contributed by atoms with Gasteiger partial charge in [0.15, 0.2) is 0 Å². The molecule has 1 N–H and O–H groups in total. The summed E-state index contributed by atoms with van der Waals surface area (Å²) in [6.45, 7) is 0.414. The lowest BCUT2D eigenvalue weighted by Crippen LogP contribution is -2.27. The van der Waals surface area contributed by atoms with E-state index in [4.69, 9.17) is 11.6 Å². The summed E-state index contributed by atoms with van der Waals surface area (Å²) in [4.78, 5) is 27.1. The van der Waals surface area contributed by atoms with Crippen molar-refractivity contribution >= 4 is 17.5 Å². The van der Waals surface area contributed by atoms with Crippen molar-refractivity contribution in [3.05, 3.63) is 69.1 Å². The van der Waals surface area contributed by atoms with Crippen LogP contribution in [0.25, 0.3) is 0 Å². The first kappa shape index (κ1) is 13.4. The second-order valence-corrected chi connectivity index (χ2v) is 4.60. The summed E-state index contributed by atoms with van der Waals surface area (Å²) in [7, 11) is 1.69. The molecule has 0 unspecified atom stereocenters. The fourth-order valence-corrected chi connectivity index (χ4v) is 1.91. The lowest BCUT2D eigenvalue weighted by atomic mass is 10.2. The molecule has 0 fully saturated rings. The Balaban J connectivity index is 2.14. The molecule has 98 valence electrons. The summed E-state index contributed by atoms with van der Waals surface area (Å²) in [5.41, 5.74) is 1.09. The first-order valence-corrected chi connectivity index (χ1v) is 6.13. The fraction of sp³-hybridized carbons (Fsp3) is 0.143. The van der Waals surface area contributed by atoms with E-state index >= 15 is 0 Å². The lowest BCUT2D eigenvalue weighted by Gasteiger charge is -2.17. The predicted molar refractivity (Wildman–Crippen MR) is 74.3 cm³/mol. The Morgan fingerprint density at radius 3 is 2.63 bits per heavy atom. The van der Waals surface area contributed by atoms with E-state index in [1.807, 2.05) is 18.2 Å². The molecular weight excluding hydrogens is 264 g/mol. The highest BCUT2D eigenvalue weighted by Gasteiger charge is 2.13. The van der Waals surface area contributed by atoms with Crippen molar-refractivity contribution in [3.63, 3.8) is 0 Å². The summed E-state index contributed by atoms with van der Waals surface area (Å²) in [5.74, 6) is -0.170. The first-order valence-electron chi connectivity index (χ1n) is 5.75. The third-order valence-corrected chi connectivity index (χ3v) is 3.11. The molecule has 0 saturated carbocycles. The van der Waals surface area contributed by atoms with Crippen LogP contribution in [0.15, 0.2) is 47.4 Å². The van der Waals surface area contributed by atoms with Crippen molar-refractivity contribution in [1.29, 1.82) is 0 Å². The molecule has 0 atom stereocenters. The second-order valence-electron chi connectivity index (χ2n) is 4.19. The highest BCUT2D eigenvalue weighted by atomic mass is 35.5. The highest BCUT2D eigenvalue weighted by Crippen LogP contribution is 2.17.